The van der Waals surface area contributed by atoms with Gasteiger partial charge < -0.3 is 23.5 Å². The number of ketones is 1. The molecule has 6 nitrogen and oxygen atoms in total. The first kappa shape index (κ1) is 53.2. The van der Waals surface area contributed by atoms with Crippen molar-refractivity contribution in [3.05, 3.63) is 23.5 Å². The third kappa shape index (κ3) is 10.2. The maximum Gasteiger partial charge on any atom is 0.241 e. The summed E-state index contributed by atoms with van der Waals surface area (Å²) in [5.41, 5.74) is 2.26. The number of hydrogen-bond acceptors (Lipinski definition) is 6. The van der Waals surface area contributed by atoms with Gasteiger partial charge in [-0.05, 0) is 261 Å². The molecule has 0 aromatic rings. The Morgan fingerprint density at radius 1 is 0.667 bits per heavy atom. The van der Waals surface area contributed by atoms with E-state index >= 15 is 0 Å². The van der Waals surface area contributed by atoms with E-state index in [0.29, 0.717) is 58.2 Å². The molecule has 8 aliphatic carbocycles. The minimum absolute atomic E-state index is 0.162. The Morgan fingerprint density at radius 3 is 1.74 bits per heavy atom. The molecule has 0 aromatic heterocycles. The lowest BCUT2D eigenvalue weighted by molar-refractivity contribution is -0.150. The summed E-state index contributed by atoms with van der Waals surface area (Å²) in [6.45, 7) is 39.5. The van der Waals surface area contributed by atoms with Gasteiger partial charge in [-0.2, -0.15) is 0 Å². The average Bonchev–Trinajstić information content (AvgIpc) is 3.75. The first-order chi connectivity index (χ1) is 30.6. The molecular formula is C57H102O6Si3. The van der Waals surface area contributed by atoms with Crippen LogP contribution in [-0.4, -0.2) is 66.4 Å². The number of Topliss-reactive ketones (excluding diaryl/α,β-unsaturated/α-hetero) is 1. The lowest BCUT2D eigenvalue weighted by Gasteiger charge is -2.61. The maximum absolute atomic E-state index is 13.8. The van der Waals surface area contributed by atoms with Crippen molar-refractivity contribution in [2.45, 2.75) is 222 Å². The van der Waals surface area contributed by atoms with Crippen LogP contribution >= 0.6 is 0 Å². The topological polar surface area (TPSA) is 85.2 Å². The first-order valence-electron chi connectivity index (χ1n) is 27.8. The summed E-state index contributed by atoms with van der Waals surface area (Å²) in [5.74, 6) is 8.68. The highest BCUT2D eigenvalue weighted by atomic mass is 28.4. The summed E-state index contributed by atoms with van der Waals surface area (Å²) in [6.07, 6.45) is 23.8. The van der Waals surface area contributed by atoms with E-state index in [9.17, 15) is 15.0 Å². The second kappa shape index (κ2) is 19.5. The molecule has 7 fully saturated rings. The molecule has 0 aromatic carbocycles. The molecule has 0 radical (unpaired) electrons. The Kier molecular flexibility index (Phi) is 15.7. The summed E-state index contributed by atoms with van der Waals surface area (Å²) in [7, 11) is -4.68. The van der Waals surface area contributed by atoms with Crippen LogP contribution in [-0.2, 0) is 18.1 Å². The summed E-state index contributed by atoms with van der Waals surface area (Å²) in [5, 5.41) is 19.8. The van der Waals surface area contributed by atoms with Crippen molar-refractivity contribution in [1.82, 2.24) is 0 Å². The van der Waals surface area contributed by atoms with Gasteiger partial charge in [-0.15, -0.1) is 0 Å². The minimum Gasteiger partial charge on any atom is -0.547 e. The Hall–Kier alpha value is -0.559. The van der Waals surface area contributed by atoms with Gasteiger partial charge in [0.2, 0.25) is 8.32 Å². The summed E-state index contributed by atoms with van der Waals surface area (Å²) >= 11 is 0. The highest BCUT2D eigenvalue weighted by molar-refractivity contribution is 6.70. The molecule has 8 rings (SSSR count). The van der Waals surface area contributed by atoms with Crippen LogP contribution in [0.25, 0.3) is 0 Å². The number of aliphatic hydroxyl groups is 2. The normalized spacial score (nSPS) is 44.9. The van der Waals surface area contributed by atoms with E-state index in [1.54, 1.807) is 0 Å². The predicted octanol–water partition coefficient (Wildman–Crippen LogP) is 14.5. The van der Waals surface area contributed by atoms with Gasteiger partial charge in [0.1, 0.15) is 0 Å². The molecule has 378 valence electrons. The van der Waals surface area contributed by atoms with Gasteiger partial charge in [-0.3, -0.25) is 4.79 Å². The van der Waals surface area contributed by atoms with Crippen LogP contribution < -0.4 is 0 Å². The van der Waals surface area contributed by atoms with Crippen molar-refractivity contribution in [1.29, 1.82) is 0 Å². The van der Waals surface area contributed by atoms with Crippen LogP contribution in [0.3, 0.4) is 0 Å². The summed E-state index contributed by atoms with van der Waals surface area (Å²) in [6, 6.07) is 0. The first-order valence-corrected chi connectivity index (χ1v) is 38.0. The van der Waals surface area contributed by atoms with Gasteiger partial charge in [0.05, 0.1) is 11.9 Å². The Balaban J connectivity index is 0.000000205. The molecule has 8 aliphatic rings. The molecule has 2 N–H and O–H groups in total. The zero-order valence-electron chi connectivity index (χ0n) is 45.5. The predicted molar refractivity (Wildman–Crippen MR) is 281 cm³/mol. The molecule has 66 heavy (non-hydrogen) atoms. The van der Waals surface area contributed by atoms with Crippen molar-refractivity contribution in [3.8, 4) is 0 Å². The molecule has 7 saturated carbocycles. The van der Waals surface area contributed by atoms with Gasteiger partial charge in [0.25, 0.3) is 0 Å². The van der Waals surface area contributed by atoms with E-state index < -0.39 is 25.0 Å². The SMILES string of the molecule is C/C=C1\C(=O)C2C(CC[C@@]3(C)C2CC[C@@H]3[C@H](C)CCO)[C@@]2(C)CC[C@@H](O)CC12.C[C@H](CCO[Si](C)(C)C)[C@H]1CCC2C3C(O[Si](C)(C)C)=CC4C[C@H](O[Si](C)(C)C)CC[C@]4(C)C3CC[C@@]21C. The lowest BCUT2D eigenvalue weighted by atomic mass is 9.43. The van der Waals surface area contributed by atoms with Gasteiger partial charge in [-0.1, -0.05) is 47.6 Å². The minimum atomic E-state index is -1.71. The standard InChI is InChI=1S/C32H62O3Si3.C25H40O3/c1-23(17-20-33-36(4,5)6)26-13-14-27-30-28(16-19-32(26,27)3)31(2)18-15-25(34-37(7,8)9)21-24(31)22-29(30)35-38(10,11)12;1-5-17-21-14-16(27)8-11-25(21,4)20-9-12-24(3)18(15(2)10-13-26)6-7-19(24)22(20)23(17)28/h22-28,30H,13-21H2,1-12H3;5,15-16,18-22,26-27H,6-14H2,1-4H3/b;17-5-/t23-,24?,25-,26-,27?,28?,30?,31+,32-;15-,16-,18-,19?,20?,21?,22?,24-,25-/m11/s1. The number of carbonyl (C=O) groups is 1. The van der Waals surface area contributed by atoms with E-state index in [4.69, 9.17) is 13.3 Å². The molecule has 18 atom stereocenters. The number of aliphatic hydroxyl groups excluding tert-OH is 2. The van der Waals surface area contributed by atoms with Crippen LogP contribution in [0.4, 0.5) is 0 Å². The molecule has 9 heteroatoms. The number of hydrogen-bond donors (Lipinski definition) is 2. The Labute approximate surface area is 408 Å². The molecule has 0 aliphatic heterocycles. The second-order valence-corrected chi connectivity index (χ2v) is 41.7. The Bertz CT molecular complexity index is 1780. The fourth-order valence-corrected chi connectivity index (χ4v) is 20.8. The second-order valence-electron chi connectivity index (χ2n) is 28.3. The number of rotatable bonds is 12. The van der Waals surface area contributed by atoms with Gasteiger partial charge in [0.15, 0.2) is 22.4 Å². The number of carbonyl (C=O) groups excluding carboxylic acids is 1. The summed E-state index contributed by atoms with van der Waals surface area (Å²) < 4.78 is 20.1. The third-order valence-corrected chi connectivity index (χ3v) is 24.0. The summed E-state index contributed by atoms with van der Waals surface area (Å²) in [4.78, 5) is 13.8. The average molecular weight is 968 g/mol. The molecule has 0 spiro atoms. The van der Waals surface area contributed by atoms with Crippen LogP contribution in [0.1, 0.15) is 151 Å². The van der Waals surface area contributed by atoms with Crippen molar-refractivity contribution in [2.75, 3.05) is 13.2 Å². The number of allylic oxidation sites excluding steroid dienone is 4. The quantitative estimate of drug-likeness (QED) is 0.150. The van der Waals surface area contributed by atoms with Crippen LogP contribution in [0.15, 0.2) is 23.5 Å². The molecule has 0 saturated heterocycles. The monoisotopic (exact) mass is 967 g/mol. The fraction of sp³-hybridized carbons (Fsp3) is 0.912. The van der Waals surface area contributed by atoms with Gasteiger partial charge in [0, 0.05) is 31.2 Å². The fourth-order valence-electron chi connectivity index (χ4n) is 18.0. The number of fused-ring (bicyclic) bond motifs is 10. The van der Waals surface area contributed by atoms with Crippen molar-refractivity contribution in [3.63, 3.8) is 0 Å². The Morgan fingerprint density at radius 2 is 1.20 bits per heavy atom. The van der Waals surface area contributed by atoms with Crippen molar-refractivity contribution < 1.29 is 28.3 Å². The van der Waals surface area contributed by atoms with E-state index in [0.717, 1.165) is 68.0 Å². The van der Waals surface area contributed by atoms with Crippen LogP contribution in [0, 0.1) is 92.7 Å². The smallest absolute Gasteiger partial charge is 0.241 e. The van der Waals surface area contributed by atoms with Crippen LogP contribution in [0.5, 0.6) is 0 Å². The highest BCUT2D eigenvalue weighted by Gasteiger charge is 2.65. The van der Waals surface area contributed by atoms with E-state index in [-0.39, 0.29) is 35.4 Å². The van der Waals surface area contributed by atoms with E-state index in [2.05, 4.69) is 113 Å². The third-order valence-electron chi connectivity index (χ3n) is 21.0. The van der Waals surface area contributed by atoms with Crippen molar-refractivity contribution >= 4 is 30.7 Å². The maximum atomic E-state index is 13.8. The largest absolute Gasteiger partial charge is 0.547 e. The molecule has 0 amide bonds. The van der Waals surface area contributed by atoms with E-state index in [1.807, 2.05) is 6.92 Å². The van der Waals surface area contributed by atoms with Gasteiger partial charge in [-0.25, -0.2) is 0 Å². The molecule has 0 heterocycles. The molecule has 8 unspecified atom stereocenters. The van der Waals surface area contributed by atoms with Crippen LogP contribution in [0.2, 0.25) is 58.9 Å². The van der Waals surface area contributed by atoms with E-state index in [1.165, 1.54) is 76.4 Å². The molecule has 0 bridgehead atoms. The van der Waals surface area contributed by atoms with Gasteiger partial charge >= 0.3 is 0 Å². The highest BCUT2D eigenvalue weighted by Crippen LogP contribution is 2.70. The molecular weight excluding hydrogens is 865 g/mol. The van der Waals surface area contributed by atoms with Crippen molar-refractivity contribution in [2.24, 2.45) is 92.7 Å². The zero-order chi connectivity index (χ0) is 48.6. The lowest BCUT2D eigenvalue weighted by Crippen LogP contribution is -2.58. The zero-order valence-corrected chi connectivity index (χ0v) is 48.5.